The second-order valence-corrected chi connectivity index (χ2v) is 9.68. The lowest BCUT2D eigenvalue weighted by atomic mass is 10.00. The van der Waals surface area contributed by atoms with Gasteiger partial charge in [0.25, 0.3) is 5.69 Å². The molecule has 7 N–H and O–H groups in total. The number of carbonyl (C=O) groups is 4. The fraction of sp³-hybridized carbons (Fsp3) is 0.357. The van der Waals surface area contributed by atoms with Crippen LogP contribution in [0.15, 0.2) is 60.7 Å². The summed E-state index contributed by atoms with van der Waals surface area (Å²) in [6.45, 7) is 0.614. The molecule has 0 aromatic heterocycles. The number of nitrogens with two attached hydrogens (primary N) is 1. The first-order chi connectivity index (χ1) is 19.6. The number of non-ortho nitro benzene ring substituents is 1. The van der Waals surface area contributed by atoms with Crippen LogP contribution in [0.3, 0.4) is 0 Å². The van der Waals surface area contributed by atoms with Crippen molar-refractivity contribution in [3.63, 3.8) is 0 Å². The fourth-order valence-corrected chi connectivity index (χ4v) is 4.32. The number of hydrogen-bond donors (Lipinski definition) is 6. The van der Waals surface area contributed by atoms with Gasteiger partial charge in [0.15, 0.2) is 0 Å². The fourth-order valence-electron chi connectivity index (χ4n) is 4.32. The molecule has 1 aliphatic heterocycles. The zero-order valence-corrected chi connectivity index (χ0v) is 22.3. The summed E-state index contributed by atoms with van der Waals surface area (Å²) in [6, 6.07) is 12.0. The number of rotatable bonds is 14. The first-order valence-corrected chi connectivity index (χ1v) is 13.2. The number of primary amides is 1. The summed E-state index contributed by atoms with van der Waals surface area (Å²) in [7, 11) is 0. The summed E-state index contributed by atoms with van der Waals surface area (Å²) in [6.07, 6.45) is 2.61. The summed E-state index contributed by atoms with van der Waals surface area (Å²) in [5, 5.41) is 32.7. The molecular weight excluding hydrogens is 532 g/mol. The van der Waals surface area contributed by atoms with E-state index in [-0.39, 0.29) is 30.6 Å². The Labute approximate surface area is 236 Å². The highest BCUT2D eigenvalue weighted by Gasteiger charge is 2.29. The van der Waals surface area contributed by atoms with Crippen molar-refractivity contribution < 1.29 is 29.2 Å². The number of nitrogens with one attached hydrogen (secondary N) is 4. The minimum atomic E-state index is -1.34. The van der Waals surface area contributed by atoms with Crippen molar-refractivity contribution >= 4 is 35.4 Å². The molecule has 0 aliphatic carbocycles. The summed E-state index contributed by atoms with van der Waals surface area (Å²) in [5.74, 6) is -2.53. The van der Waals surface area contributed by atoms with Crippen molar-refractivity contribution in [2.75, 3.05) is 13.1 Å². The Kier molecular flexibility index (Phi) is 11.5. The van der Waals surface area contributed by atoms with Crippen LogP contribution < -0.4 is 27.0 Å². The molecule has 2 aromatic carbocycles. The lowest BCUT2D eigenvalue weighted by Gasteiger charge is -2.27. The van der Waals surface area contributed by atoms with Gasteiger partial charge in [-0.2, -0.15) is 0 Å². The van der Waals surface area contributed by atoms with E-state index in [9.17, 15) is 34.4 Å². The maximum atomic E-state index is 13.2. The molecule has 0 unspecified atom stereocenters. The van der Waals surface area contributed by atoms with Crippen molar-refractivity contribution in [1.82, 2.24) is 21.3 Å². The number of benzene rings is 2. The number of amides is 4. The van der Waals surface area contributed by atoms with Crippen molar-refractivity contribution in [2.24, 2.45) is 5.73 Å². The Balaban J connectivity index is 1.67. The molecule has 41 heavy (non-hydrogen) atoms. The number of nitrogens with zero attached hydrogens (tertiary/aromatic N) is 1. The first-order valence-electron chi connectivity index (χ1n) is 13.2. The topological polar surface area (TPSA) is 206 Å². The average Bonchev–Trinajstić information content (AvgIpc) is 3.50. The maximum absolute atomic E-state index is 13.2. The molecule has 0 saturated carbocycles. The van der Waals surface area contributed by atoms with Crippen LogP contribution in [0.4, 0.5) is 5.69 Å². The molecule has 1 heterocycles. The van der Waals surface area contributed by atoms with E-state index >= 15 is 0 Å². The van der Waals surface area contributed by atoms with Crippen molar-refractivity contribution in [3.05, 3.63) is 81.9 Å². The van der Waals surface area contributed by atoms with Crippen molar-refractivity contribution in [1.29, 1.82) is 0 Å². The first kappa shape index (κ1) is 30.9. The molecule has 2 aromatic rings. The van der Waals surface area contributed by atoms with Crippen LogP contribution in [-0.2, 0) is 25.6 Å². The highest BCUT2D eigenvalue weighted by atomic mass is 16.6. The van der Waals surface area contributed by atoms with Crippen LogP contribution in [0.5, 0.6) is 0 Å². The number of nitro benzene ring substituents is 1. The lowest BCUT2D eigenvalue weighted by molar-refractivity contribution is -0.384. The summed E-state index contributed by atoms with van der Waals surface area (Å²) < 4.78 is 0. The second-order valence-electron chi connectivity index (χ2n) is 9.68. The molecule has 4 amide bonds. The minimum absolute atomic E-state index is 0.105. The normalized spacial score (nSPS) is 16.9. The standard InChI is InChI=1S/C28H34N6O7/c29-25(36)16-23(32-26(37)13-10-18-8-11-20(12-9-18)34(40)41)28(39)33-22(15-19-5-2-1-3-6-19)24(35)17-31-27(38)21-7-4-14-30-21/h1-3,5-6,8-13,21-24,30,35H,4,7,14-17H2,(H2,29,36)(H,31,38)(H,32,37)(H,33,39)/t21-,22-,23-,24+/m0/s1. The molecule has 13 nitrogen and oxygen atoms in total. The van der Waals surface area contributed by atoms with Gasteiger partial charge in [0, 0.05) is 24.8 Å². The lowest BCUT2D eigenvalue weighted by Crippen LogP contribution is -2.56. The van der Waals surface area contributed by atoms with E-state index in [0.29, 0.717) is 12.0 Å². The highest BCUT2D eigenvalue weighted by Crippen LogP contribution is 2.13. The van der Waals surface area contributed by atoms with Crippen molar-refractivity contribution in [3.8, 4) is 0 Å². The number of carbonyl (C=O) groups excluding carboxylic acids is 4. The molecule has 1 aliphatic rings. The monoisotopic (exact) mass is 566 g/mol. The van der Waals surface area contributed by atoms with E-state index in [1.165, 1.54) is 30.3 Å². The number of aliphatic hydroxyl groups is 1. The molecule has 218 valence electrons. The quantitative estimate of drug-likeness (QED) is 0.103. The average molecular weight is 567 g/mol. The number of hydrogen-bond acceptors (Lipinski definition) is 8. The summed E-state index contributed by atoms with van der Waals surface area (Å²) in [4.78, 5) is 60.1. The second kappa shape index (κ2) is 15.2. The molecule has 0 radical (unpaired) electrons. The third-order valence-electron chi connectivity index (χ3n) is 6.52. The molecule has 0 bridgehead atoms. The van der Waals surface area contributed by atoms with E-state index in [1.807, 2.05) is 30.3 Å². The van der Waals surface area contributed by atoms with Gasteiger partial charge in [-0.3, -0.25) is 29.3 Å². The Hall–Kier alpha value is -4.62. The van der Waals surface area contributed by atoms with Gasteiger partial charge in [0.2, 0.25) is 23.6 Å². The van der Waals surface area contributed by atoms with Crippen LogP contribution in [0.1, 0.15) is 30.4 Å². The molecule has 13 heteroatoms. The molecular formula is C28H34N6O7. The van der Waals surface area contributed by atoms with E-state index in [1.54, 1.807) is 0 Å². The van der Waals surface area contributed by atoms with Crippen molar-refractivity contribution in [2.45, 2.75) is 49.9 Å². The van der Waals surface area contributed by atoms with Gasteiger partial charge < -0.3 is 32.1 Å². The Morgan fingerprint density at radius 2 is 1.80 bits per heavy atom. The molecule has 3 rings (SSSR count). The van der Waals surface area contributed by atoms with E-state index in [2.05, 4.69) is 21.3 Å². The third kappa shape index (κ3) is 10.1. The smallest absolute Gasteiger partial charge is 0.269 e. The molecule has 1 fully saturated rings. The Morgan fingerprint density at radius 3 is 2.41 bits per heavy atom. The molecule has 0 spiro atoms. The van der Waals surface area contributed by atoms with Crippen LogP contribution in [0, 0.1) is 10.1 Å². The highest BCUT2D eigenvalue weighted by molar-refractivity contribution is 5.97. The third-order valence-corrected chi connectivity index (χ3v) is 6.52. The zero-order chi connectivity index (χ0) is 29.8. The number of aliphatic hydroxyl groups excluding tert-OH is 1. The zero-order valence-electron chi connectivity index (χ0n) is 22.3. The summed E-state index contributed by atoms with van der Waals surface area (Å²) in [5.41, 5.74) is 6.52. The van der Waals surface area contributed by atoms with Gasteiger partial charge in [-0.05, 0) is 55.1 Å². The Bertz CT molecular complexity index is 1250. The maximum Gasteiger partial charge on any atom is 0.269 e. The SMILES string of the molecule is NC(=O)C[C@H](NC(=O)C=Cc1ccc([N+](=O)[O-])cc1)C(=O)N[C@@H](Cc1ccccc1)[C@H](O)CNC(=O)[C@@H]1CCCN1. The number of nitro groups is 1. The van der Waals surface area contributed by atoms with E-state index < -0.39 is 47.3 Å². The van der Waals surface area contributed by atoms with Crippen LogP contribution in [0.25, 0.3) is 6.08 Å². The summed E-state index contributed by atoms with van der Waals surface area (Å²) >= 11 is 0. The predicted molar refractivity (Wildman–Crippen MR) is 150 cm³/mol. The van der Waals surface area contributed by atoms with Gasteiger partial charge in [-0.15, -0.1) is 0 Å². The van der Waals surface area contributed by atoms with Gasteiger partial charge in [-0.1, -0.05) is 30.3 Å². The minimum Gasteiger partial charge on any atom is -0.389 e. The van der Waals surface area contributed by atoms with Gasteiger partial charge in [0.1, 0.15) is 6.04 Å². The largest absolute Gasteiger partial charge is 0.389 e. The molecule has 1 saturated heterocycles. The van der Waals surface area contributed by atoms with Gasteiger partial charge in [-0.25, -0.2) is 0 Å². The van der Waals surface area contributed by atoms with Crippen LogP contribution in [-0.4, -0.2) is 71.0 Å². The van der Waals surface area contributed by atoms with E-state index in [0.717, 1.165) is 24.6 Å². The van der Waals surface area contributed by atoms with Crippen LogP contribution >= 0.6 is 0 Å². The predicted octanol–water partition coefficient (Wildman–Crippen LogP) is -0.0752. The van der Waals surface area contributed by atoms with Crippen LogP contribution in [0.2, 0.25) is 0 Å². The van der Waals surface area contributed by atoms with Gasteiger partial charge in [0.05, 0.1) is 29.5 Å². The van der Waals surface area contributed by atoms with Gasteiger partial charge >= 0.3 is 0 Å². The van der Waals surface area contributed by atoms with E-state index in [4.69, 9.17) is 5.73 Å². The molecule has 4 atom stereocenters. The Morgan fingerprint density at radius 1 is 1.10 bits per heavy atom.